The highest BCUT2D eigenvalue weighted by Crippen LogP contribution is 2.32. The van der Waals surface area contributed by atoms with Crippen molar-refractivity contribution in [3.63, 3.8) is 0 Å². The fraction of sp³-hybridized carbons (Fsp3) is 0.333. The summed E-state index contributed by atoms with van der Waals surface area (Å²) in [5.74, 6) is -2.05. The van der Waals surface area contributed by atoms with Gasteiger partial charge >= 0.3 is 0 Å². The molecule has 0 spiro atoms. The van der Waals surface area contributed by atoms with Gasteiger partial charge in [0, 0.05) is 17.8 Å². The summed E-state index contributed by atoms with van der Waals surface area (Å²) in [6.45, 7) is 0.721. The lowest BCUT2D eigenvalue weighted by atomic mass is 10.0. The van der Waals surface area contributed by atoms with Crippen LogP contribution in [0.1, 0.15) is 24.4 Å². The Bertz CT molecular complexity index is 874. The lowest BCUT2D eigenvalue weighted by Gasteiger charge is -2.24. The predicted molar refractivity (Wildman–Crippen MR) is 105 cm³/mol. The molecule has 1 aliphatic heterocycles. The van der Waals surface area contributed by atoms with Gasteiger partial charge in [-0.3, -0.25) is 14.5 Å². The minimum atomic E-state index is -1.05. The molecule has 0 bridgehead atoms. The number of anilines is 1. The number of nitrogens with zero attached hydrogens (tertiary/aromatic N) is 1. The SMILES string of the molecule is COc1ccc(C2CCCN2CC(=O)NCC(=O)Nc2ccc(F)c(F)c2)cc1. The highest BCUT2D eigenvalue weighted by Gasteiger charge is 2.27. The van der Waals surface area contributed by atoms with E-state index >= 15 is 0 Å². The van der Waals surface area contributed by atoms with Gasteiger partial charge in [0.25, 0.3) is 0 Å². The molecular weight excluding hydrogens is 380 g/mol. The van der Waals surface area contributed by atoms with Gasteiger partial charge in [-0.2, -0.15) is 0 Å². The maximum Gasteiger partial charge on any atom is 0.243 e. The third-order valence-corrected chi connectivity index (χ3v) is 4.86. The largest absolute Gasteiger partial charge is 0.497 e. The maximum atomic E-state index is 13.2. The van der Waals surface area contributed by atoms with Crippen LogP contribution in [-0.4, -0.2) is 43.5 Å². The average Bonchev–Trinajstić information content (AvgIpc) is 3.17. The zero-order valence-electron chi connectivity index (χ0n) is 16.1. The van der Waals surface area contributed by atoms with Crippen LogP contribution >= 0.6 is 0 Å². The number of hydrogen-bond acceptors (Lipinski definition) is 4. The van der Waals surface area contributed by atoms with E-state index in [0.717, 1.165) is 42.8 Å². The molecule has 8 heteroatoms. The number of amides is 2. The molecule has 2 aromatic rings. The third kappa shape index (κ3) is 5.51. The van der Waals surface area contributed by atoms with Crippen LogP contribution in [0.15, 0.2) is 42.5 Å². The van der Waals surface area contributed by atoms with E-state index in [9.17, 15) is 18.4 Å². The van der Waals surface area contributed by atoms with E-state index in [-0.39, 0.29) is 30.7 Å². The Labute approximate surface area is 167 Å². The molecule has 0 aromatic heterocycles. The molecule has 6 nitrogen and oxygen atoms in total. The van der Waals surface area contributed by atoms with Gasteiger partial charge in [-0.05, 0) is 49.2 Å². The van der Waals surface area contributed by atoms with E-state index in [4.69, 9.17) is 4.74 Å². The first-order valence-electron chi connectivity index (χ1n) is 9.36. The lowest BCUT2D eigenvalue weighted by Crippen LogP contribution is -2.40. The summed E-state index contributed by atoms with van der Waals surface area (Å²) in [5.41, 5.74) is 1.24. The van der Waals surface area contributed by atoms with E-state index in [0.29, 0.717) is 0 Å². The second-order valence-corrected chi connectivity index (χ2v) is 6.86. The third-order valence-electron chi connectivity index (χ3n) is 4.86. The molecule has 154 valence electrons. The molecule has 0 saturated carbocycles. The summed E-state index contributed by atoms with van der Waals surface area (Å²) >= 11 is 0. The summed E-state index contributed by atoms with van der Waals surface area (Å²) in [4.78, 5) is 26.3. The Morgan fingerprint density at radius 1 is 1.10 bits per heavy atom. The summed E-state index contributed by atoms with van der Waals surface area (Å²) < 4.78 is 31.3. The van der Waals surface area contributed by atoms with Gasteiger partial charge in [-0.1, -0.05) is 12.1 Å². The molecule has 1 fully saturated rings. The monoisotopic (exact) mass is 403 g/mol. The van der Waals surface area contributed by atoms with Crippen molar-refractivity contribution in [1.82, 2.24) is 10.2 Å². The first kappa shape index (κ1) is 20.7. The van der Waals surface area contributed by atoms with E-state index in [1.807, 2.05) is 24.3 Å². The number of methoxy groups -OCH3 is 1. The molecule has 1 atom stereocenters. The summed E-state index contributed by atoms with van der Waals surface area (Å²) in [7, 11) is 1.62. The maximum absolute atomic E-state index is 13.2. The standard InChI is InChI=1S/C21H23F2N3O3/c1-29-16-7-4-14(5-8-16)19-3-2-10-26(19)13-21(28)24-12-20(27)25-15-6-9-17(22)18(23)11-15/h4-9,11,19H,2-3,10,12-13H2,1H3,(H,24,28)(H,25,27). The Balaban J connectivity index is 1.48. The predicted octanol–water partition coefficient (Wildman–Crippen LogP) is 2.87. The van der Waals surface area contributed by atoms with E-state index in [1.54, 1.807) is 7.11 Å². The van der Waals surface area contributed by atoms with Crippen molar-refractivity contribution in [2.45, 2.75) is 18.9 Å². The van der Waals surface area contributed by atoms with Crippen molar-refractivity contribution >= 4 is 17.5 Å². The molecule has 2 aromatic carbocycles. The van der Waals surface area contributed by atoms with Gasteiger partial charge in [-0.25, -0.2) is 8.78 Å². The molecule has 1 heterocycles. The van der Waals surface area contributed by atoms with Crippen molar-refractivity contribution in [2.24, 2.45) is 0 Å². The molecule has 29 heavy (non-hydrogen) atoms. The van der Waals surface area contributed by atoms with Gasteiger partial charge < -0.3 is 15.4 Å². The van der Waals surface area contributed by atoms with Gasteiger partial charge in [-0.15, -0.1) is 0 Å². The Hall–Kier alpha value is -3.00. The number of carbonyl (C=O) groups is 2. The number of rotatable bonds is 7. The minimum Gasteiger partial charge on any atom is -0.497 e. The molecular formula is C21H23F2N3O3. The van der Waals surface area contributed by atoms with Crippen molar-refractivity contribution in [1.29, 1.82) is 0 Å². The zero-order valence-corrected chi connectivity index (χ0v) is 16.1. The molecule has 0 aliphatic carbocycles. The number of ether oxygens (including phenoxy) is 1. The fourth-order valence-electron chi connectivity index (χ4n) is 3.42. The van der Waals surface area contributed by atoms with Gasteiger partial charge in [0.2, 0.25) is 11.8 Å². The molecule has 1 aliphatic rings. The number of benzene rings is 2. The van der Waals surface area contributed by atoms with Crippen LogP contribution in [0.3, 0.4) is 0 Å². The molecule has 0 radical (unpaired) electrons. The van der Waals surface area contributed by atoms with Gasteiger partial charge in [0.15, 0.2) is 11.6 Å². The number of nitrogens with one attached hydrogen (secondary N) is 2. The van der Waals surface area contributed by atoms with E-state index < -0.39 is 17.5 Å². The van der Waals surface area contributed by atoms with Crippen LogP contribution in [0.4, 0.5) is 14.5 Å². The molecule has 2 amide bonds. The Morgan fingerprint density at radius 3 is 2.55 bits per heavy atom. The van der Waals surface area contributed by atoms with E-state index in [1.165, 1.54) is 6.07 Å². The number of hydrogen-bond donors (Lipinski definition) is 2. The molecule has 3 rings (SSSR count). The summed E-state index contributed by atoms with van der Waals surface area (Å²) in [5, 5.41) is 4.98. The minimum absolute atomic E-state index is 0.127. The highest BCUT2D eigenvalue weighted by molar-refractivity contribution is 5.94. The van der Waals surface area contributed by atoms with Crippen LogP contribution in [0.2, 0.25) is 0 Å². The smallest absolute Gasteiger partial charge is 0.243 e. The van der Waals surface area contributed by atoms with Crippen molar-refractivity contribution in [3.8, 4) is 5.75 Å². The quantitative estimate of drug-likeness (QED) is 0.746. The fourth-order valence-corrected chi connectivity index (χ4v) is 3.42. The molecule has 1 unspecified atom stereocenters. The van der Waals surface area contributed by atoms with Gasteiger partial charge in [0.1, 0.15) is 5.75 Å². The Morgan fingerprint density at radius 2 is 1.86 bits per heavy atom. The van der Waals surface area contributed by atoms with Crippen LogP contribution < -0.4 is 15.4 Å². The second-order valence-electron chi connectivity index (χ2n) is 6.86. The van der Waals surface area contributed by atoms with Gasteiger partial charge in [0.05, 0.1) is 20.2 Å². The zero-order chi connectivity index (χ0) is 20.8. The van der Waals surface area contributed by atoms with Crippen molar-refractivity contribution in [2.75, 3.05) is 32.1 Å². The second kappa shape index (κ2) is 9.47. The summed E-state index contributed by atoms with van der Waals surface area (Å²) in [6.07, 6.45) is 1.94. The topological polar surface area (TPSA) is 70.7 Å². The van der Waals surface area contributed by atoms with Crippen molar-refractivity contribution in [3.05, 3.63) is 59.7 Å². The normalized spacial score (nSPS) is 16.4. The first-order valence-corrected chi connectivity index (χ1v) is 9.36. The lowest BCUT2D eigenvalue weighted by molar-refractivity contribution is -0.125. The number of halogens is 2. The molecule has 2 N–H and O–H groups in total. The van der Waals surface area contributed by atoms with Crippen LogP contribution in [0.5, 0.6) is 5.75 Å². The summed E-state index contributed by atoms with van der Waals surface area (Å²) in [6, 6.07) is 11.0. The Kier molecular flexibility index (Phi) is 6.77. The number of likely N-dealkylation sites (tertiary alicyclic amines) is 1. The van der Waals surface area contributed by atoms with Crippen LogP contribution in [0, 0.1) is 11.6 Å². The molecule has 1 saturated heterocycles. The van der Waals surface area contributed by atoms with E-state index in [2.05, 4.69) is 15.5 Å². The van der Waals surface area contributed by atoms with Crippen molar-refractivity contribution < 1.29 is 23.1 Å². The van der Waals surface area contributed by atoms with Crippen LogP contribution in [-0.2, 0) is 9.59 Å². The number of carbonyl (C=O) groups excluding carboxylic acids is 2. The first-order chi connectivity index (χ1) is 14.0. The highest BCUT2D eigenvalue weighted by atomic mass is 19.2. The van der Waals surface area contributed by atoms with Crippen LogP contribution in [0.25, 0.3) is 0 Å². The average molecular weight is 403 g/mol.